The highest BCUT2D eigenvalue weighted by atomic mass is 16.2. The van der Waals surface area contributed by atoms with Crippen LogP contribution < -0.4 is 0 Å². The Hall–Kier alpha value is -1.32. The minimum absolute atomic E-state index is 0.351. The van der Waals surface area contributed by atoms with E-state index in [1.807, 2.05) is 11.1 Å². The van der Waals surface area contributed by atoms with E-state index >= 15 is 0 Å². The largest absolute Gasteiger partial charge is 0.348 e. The van der Waals surface area contributed by atoms with Gasteiger partial charge in [-0.3, -0.25) is 4.79 Å². The molecule has 1 saturated heterocycles. The molecule has 20 heavy (non-hydrogen) atoms. The maximum Gasteiger partial charge on any atom is 0.222 e. The number of rotatable bonds is 7. The maximum absolute atomic E-state index is 12.1. The molecule has 0 atom stereocenters. The molecule has 0 saturated carbocycles. The van der Waals surface area contributed by atoms with Crippen LogP contribution in [0.2, 0.25) is 0 Å². The zero-order chi connectivity index (χ0) is 14.2. The molecule has 1 aliphatic heterocycles. The molecule has 1 amide bonds. The van der Waals surface area contributed by atoms with E-state index in [-0.39, 0.29) is 0 Å². The van der Waals surface area contributed by atoms with Gasteiger partial charge in [0.05, 0.1) is 6.33 Å². The minimum Gasteiger partial charge on any atom is -0.348 e. The summed E-state index contributed by atoms with van der Waals surface area (Å²) in [6.07, 6.45) is 12.6. The van der Waals surface area contributed by atoms with Gasteiger partial charge in [0, 0.05) is 37.3 Å². The highest BCUT2D eigenvalue weighted by molar-refractivity contribution is 5.76. The number of hydrogen-bond acceptors (Lipinski definition) is 2. The fourth-order valence-corrected chi connectivity index (χ4v) is 2.97. The van der Waals surface area contributed by atoms with Crippen molar-refractivity contribution in [1.82, 2.24) is 14.9 Å². The Morgan fingerprint density at radius 2 is 2.05 bits per heavy atom. The normalized spacial score (nSPS) is 16.6. The van der Waals surface area contributed by atoms with Gasteiger partial charge in [-0.1, -0.05) is 32.6 Å². The van der Waals surface area contributed by atoms with Crippen molar-refractivity contribution in [1.29, 1.82) is 0 Å². The summed E-state index contributed by atoms with van der Waals surface area (Å²) in [5, 5.41) is 0. The number of carbonyl (C=O) groups excluding carboxylic acids is 1. The first-order valence-corrected chi connectivity index (χ1v) is 8.07. The maximum atomic E-state index is 12.1. The number of hydrogen-bond donors (Lipinski definition) is 1. The second kappa shape index (κ2) is 8.08. The van der Waals surface area contributed by atoms with Crippen LogP contribution in [0.1, 0.15) is 69.9 Å². The summed E-state index contributed by atoms with van der Waals surface area (Å²) in [6.45, 7) is 4.02. The van der Waals surface area contributed by atoms with Crippen molar-refractivity contribution in [3.8, 4) is 0 Å². The second-order valence-electron chi connectivity index (χ2n) is 5.83. The summed E-state index contributed by atoms with van der Waals surface area (Å²) in [5.74, 6) is 0.899. The van der Waals surface area contributed by atoms with Crippen LogP contribution in [0.15, 0.2) is 12.5 Å². The zero-order valence-electron chi connectivity index (χ0n) is 12.6. The Balaban J connectivity index is 1.64. The lowest BCUT2D eigenvalue weighted by Crippen LogP contribution is -2.37. The Bertz CT molecular complexity index is 380. The van der Waals surface area contributed by atoms with Crippen LogP contribution in [0.4, 0.5) is 0 Å². The molecular formula is C16H27N3O. The molecule has 0 radical (unpaired) electrons. The van der Waals surface area contributed by atoms with Crippen molar-refractivity contribution in [2.45, 2.75) is 64.2 Å². The first-order valence-electron chi connectivity index (χ1n) is 8.07. The Kier molecular flexibility index (Phi) is 6.09. The quantitative estimate of drug-likeness (QED) is 0.776. The molecule has 112 valence electrons. The van der Waals surface area contributed by atoms with Crippen molar-refractivity contribution < 1.29 is 4.79 Å². The van der Waals surface area contributed by atoms with Gasteiger partial charge in [-0.05, 0) is 19.3 Å². The Morgan fingerprint density at radius 1 is 1.30 bits per heavy atom. The van der Waals surface area contributed by atoms with Crippen LogP contribution in [0.5, 0.6) is 0 Å². The molecule has 0 aliphatic carbocycles. The molecule has 2 rings (SSSR count). The molecule has 2 heterocycles. The van der Waals surface area contributed by atoms with Crippen LogP contribution >= 0.6 is 0 Å². The Morgan fingerprint density at radius 3 is 2.70 bits per heavy atom. The third kappa shape index (κ3) is 4.36. The molecule has 0 spiro atoms. The van der Waals surface area contributed by atoms with Crippen LogP contribution in [0.25, 0.3) is 0 Å². The number of nitrogens with zero attached hydrogens (tertiary/aromatic N) is 2. The number of aromatic amines is 1. The summed E-state index contributed by atoms with van der Waals surface area (Å²) in [5.41, 5.74) is 1.22. The molecule has 1 aliphatic rings. The van der Waals surface area contributed by atoms with Crippen LogP contribution in [0.3, 0.4) is 0 Å². The number of nitrogens with one attached hydrogen (secondary N) is 1. The highest BCUT2D eigenvalue weighted by Gasteiger charge is 2.23. The van der Waals surface area contributed by atoms with Gasteiger partial charge in [0.2, 0.25) is 5.91 Å². The standard InChI is InChI=1S/C16H27N3O/c1-2-3-4-5-6-7-16(20)19-10-8-14(9-11-19)15-12-17-13-18-15/h12-14H,2-11H2,1H3,(H,17,18). The average molecular weight is 277 g/mol. The number of H-pyrrole nitrogens is 1. The van der Waals surface area contributed by atoms with E-state index in [0.717, 1.165) is 38.8 Å². The van der Waals surface area contributed by atoms with Gasteiger partial charge in [0.25, 0.3) is 0 Å². The molecular weight excluding hydrogens is 250 g/mol. The predicted molar refractivity (Wildman–Crippen MR) is 80.5 cm³/mol. The van der Waals surface area contributed by atoms with Crippen molar-refractivity contribution in [2.75, 3.05) is 13.1 Å². The summed E-state index contributed by atoms with van der Waals surface area (Å²) in [4.78, 5) is 21.4. The fourth-order valence-electron chi connectivity index (χ4n) is 2.97. The van der Waals surface area contributed by atoms with Crippen molar-refractivity contribution in [2.24, 2.45) is 0 Å². The lowest BCUT2D eigenvalue weighted by Gasteiger charge is -2.31. The van der Waals surface area contributed by atoms with Gasteiger partial charge >= 0.3 is 0 Å². The van der Waals surface area contributed by atoms with E-state index in [1.54, 1.807) is 6.33 Å². The fraction of sp³-hybridized carbons (Fsp3) is 0.750. The molecule has 1 fully saturated rings. The molecule has 4 nitrogen and oxygen atoms in total. The molecule has 0 unspecified atom stereocenters. The van der Waals surface area contributed by atoms with Gasteiger partial charge in [0.15, 0.2) is 0 Å². The smallest absolute Gasteiger partial charge is 0.222 e. The second-order valence-corrected chi connectivity index (χ2v) is 5.83. The molecule has 1 aromatic rings. The van der Waals surface area contributed by atoms with Crippen molar-refractivity contribution in [3.63, 3.8) is 0 Å². The minimum atomic E-state index is 0.351. The van der Waals surface area contributed by atoms with Crippen molar-refractivity contribution >= 4 is 5.91 Å². The van der Waals surface area contributed by atoms with Gasteiger partial charge in [0.1, 0.15) is 0 Å². The molecule has 1 N–H and O–H groups in total. The van der Waals surface area contributed by atoms with Crippen LogP contribution in [-0.4, -0.2) is 33.9 Å². The average Bonchev–Trinajstić information content (AvgIpc) is 3.01. The number of carbonyl (C=O) groups is 1. The van der Waals surface area contributed by atoms with Gasteiger partial charge in [-0.2, -0.15) is 0 Å². The van der Waals surface area contributed by atoms with E-state index in [9.17, 15) is 4.79 Å². The summed E-state index contributed by atoms with van der Waals surface area (Å²) in [6, 6.07) is 0. The molecule has 0 bridgehead atoms. The van der Waals surface area contributed by atoms with E-state index in [0.29, 0.717) is 11.8 Å². The number of likely N-dealkylation sites (tertiary alicyclic amines) is 1. The lowest BCUT2D eigenvalue weighted by atomic mass is 9.94. The third-order valence-electron chi connectivity index (χ3n) is 4.30. The monoisotopic (exact) mass is 277 g/mol. The van der Waals surface area contributed by atoms with Gasteiger partial charge in [-0.15, -0.1) is 0 Å². The summed E-state index contributed by atoms with van der Waals surface area (Å²) >= 11 is 0. The van der Waals surface area contributed by atoms with E-state index in [4.69, 9.17) is 0 Å². The number of amides is 1. The van der Waals surface area contributed by atoms with E-state index in [2.05, 4.69) is 16.9 Å². The first-order chi connectivity index (χ1) is 9.81. The van der Waals surface area contributed by atoms with Crippen LogP contribution in [-0.2, 0) is 4.79 Å². The van der Waals surface area contributed by atoms with E-state index in [1.165, 1.54) is 31.4 Å². The number of unbranched alkanes of at least 4 members (excludes halogenated alkanes) is 4. The molecule has 1 aromatic heterocycles. The van der Waals surface area contributed by atoms with Crippen molar-refractivity contribution in [3.05, 3.63) is 18.2 Å². The summed E-state index contributed by atoms with van der Waals surface area (Å²) in [7, 11) is 0. The van der Waals surface area contributed by atoms with Crippen LogP contribution in [0, 0.1) is 0 Å². The predicted octanol–water partition coefficient (Wildman–Crippen LogP) is 3.48. The number of piperidine rings is 1. The SMILES string of the molecule is CCCCCCCC(=O)N1CCC(c2cnc[nH]2)CC1. The number of aromatic nitrogens is 2. The number of imidazole rings is 1. The first kappa shape index (κ1) is 15.1. The Labute approximate surface area is 122 Å². The molecule has 4 heteroatoms. The highest BCUT2D eigenvalue weighted by Crippen LogP contribution is 2.26. The zero-order valence-corrected chi connectivity index (χ0v) is 12.6. The molecule has 0 aromatic carbocycles. The topological polar surface area (TPSA) is 49.0 Å². The summed E-state index contributed by atoms with van der Waals surface area (Å²) < 4.78 is 0. The van der Waals surface area contributed by atoms with Gasteiger partial charge < -0.3 is 9.88 Å². The van der Waals surface area contributed by atoms with E-state index < -0.39 is 0 Å². The lowest BCUT2D eigenvalue weighted by molar-refractivity contribution is -0.132. The third-order valence-corrected chi connectivity index (χ3v) is 4.30. The van der Waals surface area contributed by atoms with Gasteiger partial charge in [-0.25, -0.2) is 4.98 Å².